The summed E-state index contributed by atoms with van der Waals surface area (Å²) in [6, 6.07) is 13.8. The van der Waals surface area contributed by atoms with Crippen LogP contribution in [0.25, 0.3) is 0 Å². The molecule has 2 rings (SSSR count). The van der Waals surface area contributed by atoms with Crippen LogP contribution in [0.3, 0.4) is 0 Å². The normalized spacial score (nSPS) is 12.4. The number of esters is 1. The van der Waals surface area contributed by atoms with Crippen LogP contribution in [-0.4, -0.2) is 32.9 Å². The van der Waals surface area contributed by atoms with Gasteiger partial charge in [0.2, 0.25) is 10.0 Å². The van der Waals surface area contributed by atoms with E-state index in [0.29, 0.717) is 5.69 Å². The van der Waals surface area contributed by atoms with E-state index in [1.54, 1.807) is 50.2 Å². The van der Waals surface area contributed by atoms with E-state index in [9.17, 15) is 18.0 Å². The quantitative estimate of drug-likeness (QED) is 0.658. The van der Waals surface area contributed by atoms with Crippen LogP contribution in [0.2, 0.25) is 0 Å². The average Bonchev–Trinajstić information content (AvgIpc) is 2.65. The molecule has 0 unspecified atom stereocenters. The molecule has 0 bridgehead atoms. The summed E-state index contributed by atoms with van der Waals surface area (Å²) in [4.78, 5) is 24.4. The Hall–Kier alpha value is -2.71. The molecule has 0 radical (unpaired) electrons. The molecule has 8 heteroatoms. The molecule has 0 spiro atoms. The van der Waals surface area contributed by atoms with Gasteiger partial charge in [0.15, 0.2) is 6.61 Å². The molecule has 0 saturated carbocycles. The van der Waals surface area contributed by atoms with Gasteiger partial charge in [-0.25, -0.2) is 8.42 Å². The van der Waals surface area contributed by atoms with Crippen molar-refractivity contribution in [2.75, 3.05) is 11.9 Å². The van der Waals surface area contributed by atoms with Crippen molar-refractivity contribution in [1.82, 2.24) is 4.72 Å². The molecule has 0 aromatic heterocycles. The van der Waals surface area contributed by atoms with Gasteiger partial charge in [0, 0.05) is 5.69 Å². The van der Waals surface area contributed by atoms with E-state index in [2.05, 4.69) is 10.0 Å². The third kappa shape index (κ3) is 6.17. The molecule has 0 aliphatic carbocycles. The van der Waals surface area contributed by atoms with Crippen molar-refractivity contribution in [3.8, 4) is 0 Å². The van der Waals surface area contributed by atoms with Gasteiger partial charge >= 0.3 is 5.97 Å². The summed E-state index contributed by atoms with van der Waals surface area (Å²) in [6.45, 7) is 4.75. The lowest BCUT2D eigenvalue weighted by molar-refractivity contribution is -0.150. The van der Waals surface area contributed by atoms with Crippen LogP contribution in [0, 0.1) is 12.8 Å². The highest BCUT2D eigenvalue weighted by molar-refractivity contribution is 7.89. The van der Waals surface area contributed by atoms with E-state index in [1.165, 1.54) is 12.1 Å². The lowest BCUT2D eigenvalue weighted by Gasteiger charge is -2.20. The molecule has 2 aromatic rings. The molecule has 2 aromatic carbocycles. The number of hydrogen-bond donors (Lipinski definition) is 2. The molecule has 0 heterocycles. The van der Waals surface area contributed by atoms with E-state index in [0.717, 1.165) is 5.56 Å². The monoisotopic (exact) mass is 404 g/mol. The summed E-state index contributed by atoms with van der Waals surface area (Å²) in [5.41, 5.74) is 1.57. The summed E-state index contributed by atoms with van der Waals surface area (Å²) in [5.74, 6) is -1.69. The van der Waals surface area contributed by atoms with E-state index >= 15 is 0 Å². The molecule has 0 aliphatic heterocycles. The summed E-state index contributed by atoms with van der Waals surface area (Å²) < 4.78 is 32.3. The number of benzene rings is 2. The van der Waals surface area contributed by atoms with Crippen molar-refractivity contribution >= 4 is 27.6 Å². The van der Waals surface area contributed by atoms with Crippen molar-refractivity contribution in [3.63, 3.8) is 0 Å². The van der Waals surface area contributed by atoms with Crippen molar-refractivity contribution < 1.29 is 22.7 Å². The number of hydrogen-bond acceptors (Lipinski definition) is 5. The Bertz CT molecular complexity index is 927. The second-order valence-electron chi connectivity index (χ2n) is 6.68. The molecule has 1 amide bonds. The second kappa shape index (κ2) is 9.48. The number of anilines is 1. The molecular formula is C20H24N2O5S. The number of amides is 1. The Morgan fingerprint density at radius 2 is 1.71 bits per heavy atom. The van der Waals surface area contributed by atoms with Crippen LogP contribution in [-0.2, 0) is 24.3 Å². The van der Waals surface area contributed by atoms with Gasteiger partial charge in [-0.1, -0.05) is 44.2 Å². The fourth-order valence-electron chi connectivity index (χ4n) is 2.44. The maximum absolute atomic E-state index is 12.5. The summed E-state index contributed by atoms with van der Waals surface area (Å²) in [5, 5.41) is 2.63. The predicted molar refractivity (Wildman–Crippen MR) is 106 cm³/mol. The van der Waals surface area contributed by atoms with Crippen LogP contribution < -0.4 is 10.0 Å². The minimum atomic E-state index is -3.89. The van der Waals surface area contributed by atoms with Crippen molar-refractivity contribution in [2.24, 2.45) is 5.92 Å². The highest BCUT2D eigenvalue weighted by atomic mass is 32.2. The Kier molecular flexibility index (Phi) is 7.31. The van der Waals surface area contributed by atoms with Gasteiger partial charge in [0.1, 0.15) is 6.04 Å². The molecule has 0 aliphatic rings. The third-order valence-electron chi connectivity index (χ3n) is 3.90. The fraction of sp³-hybridized carbons (Fsp3) is 0.300. The van der Waals surface area contributed by atoms with Crippen LogP contribution in [0.1, 0.15) is 19.4 Å². The minimum Gasteiger partial charge on any atom is -0.454 e. The smallest absolute Gasteiger partial charge is 0.324 e. The highest BCUT2D eigenvalue weighted by Gasteiger charge is 2.30. The SMILES string of the molecule is Cc1cccc(NC(=O)COC(=O)[C@H](NS(=O)(=O)c2ccccc2)C(C)C)c1. The number of sulfonamides is 1. The number of carbonyl (C=O) groups is 2. The van der Waals surface area contributed by atoms with Gasteiger partial charge < -0.3 is 10.1 Å². The highest BCUT2D eigenvalue weighted by Crippen LogP contribution is 2.13. The molecule has 0 fully saturated rings. The van der Waals surface area contributed by atoms with E-state index in [-0.39, 0.29) is 10.8 Å². The second-order valence-corrected chi connectivity index (χ2v) is 8.40. The number of aryl methyl sites for hydroxylation is 1. The standard InChI is InChI=1S/C20H24N2O5S/c1-14(2)19(22-28(25,26)17-10-5-4-6-11-17)20(24)27-13-18(23)21-16-9-7-8-15(3)12-16/h4-12,14,19,22H,13H2,1-3H3,(H,21,23)/t19-/m1/s1. The zero-order chi connectivity index (χ0) is 20.7. The first-order valence-electron chi connectivity index (χ1n) is 8.79. The molecule has 0 saturated heterocycles. The van der Waals surface area contributed by atoms with Gasteiger partial charge in [-0.05, 0) is 42.7 Å². The molecular weight excluding hydrogens is 380 g/mol. The molecule has 1 atom stereocenters. The maximum Gasteiger partial charge on any atom is 0.324 e. The fourth-order valence-corrected chi connectivity index (χ4v) is 3.79. The van der Waals surface area contributed by atoms with Gasteiger partial charge in [0.05, 0.1) is 4.90 Å². The number of ether oxygens (including phenoxy) is 1. The van der Waals surface area contributed by atoms with Crippen LogP contribution in [0.5, 0.6) is 0 Å². The van der Waals surface area contributed by atoms with Gasteiger partial charge in [-0.3, -0.25) is 9.59 Å². The Morgan fingerprint density at radius 3 is 2.32 bits per heavy atom. The van der Waals surface area contributed by atoms with E-state index in [1.807, 2.05) is 13.0 Å². The summed E-state index contributed by atoms with van der Waals surface area (Å²) in [7, 11) is -3.89. The zero-order valence-electron chi connectivity index (χ0n) is 16.0. The molecule has 2 N–H and O–H groups in total. The number of rotatable bonds is 8. The lowest BCUT2D eigenvalue weighted by Crippen LogP contribution is -2.45. The number of carbonyl (C=O) groups excluding carboxylic acids is 2. The van der Waals surface area contributed by atoms with Crippen LogP contribution in [0.4, 0.5) is 5.69 Å². The number of nitrogens with one attached hydrogen (secondary N) is 2. The third-order valence-corrected chi connectivity index (χ3v) is 5.36. The Labute approximate surface area is 165 Å². The van der Waals surface area contributed by atoms with Crippen molar-refractivity contribution in [1.29, 1.82) is 0 Å². The first-order valence-corrected chi connectivity index (χ1v) is 10.3. The summed E-state index contributed by atoms with van der Waals surface area (Å²) in [6.07, 6.45) is 0. The van der Waals surface area contributed by atoms with E-state index < -0.39 is 34.5 Å². The van der Waals surface area contributed by atoms with Gasteiger partial charge in [-0.2, -0.15) is 4.72 Å². The van der Waals surface area contributed by atoms with E-state index in [4.69, 9.17) is 4.74 Å². The Morgan fingerprint density at radius 1 is 1.04 bits per heavy atom. The molecule has 7 nitrogen and oxygen atoms in total. The zero-order valence-corrected chi connectivity index (χ0v) is 16.8. The predicted octanol–water partition coefficient (Wildman–Crippen LogP) is 2.48. The minimum absolute atomic E-state index is 0.0469. The van der Waals surface area contributed by atoms with Gasteiger partial charge in [0.25, 0.3) is 5.91 Å². The van der Waals surface area contributed by atoms with Crippen LogP contribution >= 0.6 is 0 Å². The van der Waals surface area contributed by atoms with Crippen LogP contribution in [0.15, 0.2) is 59.5 Å². The largest absolute Gasteiger partial charge is 0.454 e. The molecule has 28 heavy (non-hydrogen) atoms. The molecule has 150 valence electrons. The average molecular weight is 404 g/mol. The lowest BCUT2D eigenvalue weighted by atomic mass is 10.1. The Balaban J connectivity index is 1.98. The topological polar surface area (TPSA) is 102 Å². The summed E-state index contributed by atoms with van der Waals surface area (Å²) >= 11 is 0. The first-order chi connectivity index (χ1) is 13.2. The van der Waals surface area contributed by atoms with Gasteiger partial charge in [-0.15, -0.1) is 0 Å². The van der Waals surface area contributed by atoms with Crippen molar-refractivity contribution in [2.45, 2.75) is 31.7 Å². The van der Waals surface area contributed by atoms with Crippen molar-refractivity contribution in [3.05, 3.63) is 60.2 Å². The maximum atomic E-state index is 12.5. The first kappa shape index (κ1) is 21.6.